The quantitative estimate of drug-likeness (QED) is 0.734. The first kappa shape index (κ1) is 17.5. The van der Waals surface area contributed by atoms with Crippen molar-refractivity contribution in [3.05, 3.63) is 59.9 Å². The summed E-state index contributed by atoms with van der Waals surface area (Å²) in [6, 6.07) is 14.1. The Kier molecular flexibility index (Phi) is 5.69. The molecule has 1 atom stereocenters. The molecule has 1 aliphatic carbocycles. The molecule has 1 fully saturated rings. The van der Waals surface area contributed by atoms with E-state index in [1.807, 2.05) is 47.4 Å². The molecule has 25 heavy (non-hydrogen) atoms. The predicted molar refractivity (Wildman–Crippen MR) is 98.3 cm³/mol. The monoisotopic (exact) mass is 338 g/mol. The van der Waals surface area contributed by atoms with Crippen LogP contribution in [0.2, 0.25) is 0 Å². The van der Waals surface area contributed by atoms with Gasteiger partial charge in [-0.1, -0.05) is 18.2 Å². The minimum atomic E-state index is 0.209. The van der Waals surface area contributed by atoms with Crippen molar-refractivity contribution in [2.24, 2.45) is 5.92 Å². The molecule has 1 heterocycles. The maximum atomic E-state index is 12.9. The number of methoxy groups -OCH3 is 1. The van der Waals surface area contributed by atoms with Gasteiger partial charge < -0.3 is 9.64 Å². The number of rotatable bonds is 8. The highest BCUT2D eigenvalue weighted by Gasteiger charge is 2.34. The van der Waals surface area contributed by atoms with Gasteiger partial charge in [0.2, 0.25) is 5.91 Å². The number of ether oxygens (including phenoxy) is 1. The number of pyridine rings is 1. The molecule has 0 aliphatic heterocycles. The fourth-order valence-electron chi connectivity index (χ4n) is 3.14. The van der Waals surface area contributed by atoms with Gasteiger partial charge in [-0.25, -0.2) is 0 Å². The highest BCUT2D eigenvalue weighted by atomic mass is 16.5. The first-order chi connectivity index (χ1) is 12.2. The topological polar surface area (TPSA) is 42.4 Å². The van der Waals surface area contributed by atoms with Gasteiger partial charge in [-0.2, -0.15) is 0 Å². The van der Waals surface area contributed by atoms with Crippen molar-refractivity contribution in [2.45, 2.75) is 45.2 Å². The van der Waals surface area contributed by atoms with Crippen molar-refractivity contribution in [3.8, 4) is 5.75 Å². The van der Waals surface area contributed by atoms with Crippen LogP contribution in [0.3, 0.4) is 0 Å². The number of hydrogen-bond donors (Lipinski definition) is 0. The fourth-order valence-corrected chi connectivity index (χ4v) is 3.14. The first-order valence-electron chi connectivity index (χ1n) is 8.99. The molecule has 4 nitrogen and oxygen atoms in total. The van der Waals surface area contributed by atoms with Crippen molar-refractivity contribution in [1.29, 1.82) is 0 Å². The zero-order chi connectivity index (χ0) is 17.6. The Morgan fingerprint density at radius 3 is 2.60 bits per heavy atom. The zero-order valence-corrected chi connectivity index (χ0v) is 15.0. The van der Waals surface area contributed by atoms with Crippen LogP contribution in [-0.4, -0.2) is 28.9 Å². The van der Waals surface area contributed by atoms with Crippen LogP contribution in [0.4, 0.5) is 0 Å². The van der Waals surface area contributed by atoms with Crippen molar-refractivity contribution in [3.63, 3.8) is 0 Å². The van der Waals surface area contributed by atoms with E-state index in [-0.39, 0.29) is 5.91 Å². The van der Waals surface area contributed by atoms with E-state index in [0.717, 1.165) is 17.0 Å². The Balaban J connectivity index is 1.66. The van der Waals surface area contributed by atoms with Crippen LogP contribution in [0.1, 0.15) is 37.4 Å². The number of amides is 1. The Morgan fingerprint density at radius 1 is 1.24 bits per heavy atom. The van der Waals surface area contributed by atoms with Gasteiger partial charge in [-0.3, -0.25) is 9.78 Å². The van der Waals surface area contributed by atoms with Gasteiger partial charge in [-0.15, -0.1) is 0 Å². The van der Waals surface area contributed by atoms with Crippen molar-refractivity contribution < 1.29 is 9.53 Å². The number of hydrogen-bond acceptors (Lipinski definition) is 3. The van der Waals surface area contributed by atoms with E-state index in [9.17, 15) is 4.79 Å². The maximum Gasteiger partial charge on any atom is 0.223 e. The largest absolute Gasteiger partial charge is 0.497 e. The molecule has 0 radical (unpaired) electrons. The Bertz CT molecular complexity index is 681. The summed E-state index contributed by atoms with van der Waals surface area (Å²) in [7, 11) is 1.66. The lowest BCUT2D eigenvalue weighted by Gasteiger charge is -2.30. The molecule has 2 aromatic rings. The van der Waals surface area contributed by atoms with Crippen LogP contribution >= 0.6 is 0 Å². The Labute approximate surface area is 149 Å². The summed E-state index contributed by atoms with van der Waals surface area (Å²) in [4.78, 5) is 19.3. The highest BCUT2D eigenvalue weighted by Crippen LogP contribution is 2.36. The van der Waals surface area contributed by atoms with Crippen LogP contribution in [0.15, 0.2) is 48.7 Å². The van der Waals surface area contributed by atoms with E-state index in [0.29, 0.717) is 31.3 Å². The van der Waals surface area contributed by atoms with Crippen LogP contribution in [-0.2, 0) is 17.8 Å². The summed E-state index contributed by atoms with van der Waals surface area (Å²) < 4.78 is 5.22. The van der Waals surface area contributed by atoms with Crippen LogP contribution in [0.5, 0.6) is 5.75 Å². The average molecular weight is 338 g/mol. The summed E-state index contributed by atoms with van der Waals surface area (Å²) in [6.45, 7) is 2.84. The average Bonchev–Trinajstić information content (AvgIpc) is 3.50. The fraction of sp³-hybridized carbons (Fsp3) is 0.429. The third kappa shape index (κ3) is 4.81. The third-order valence-corrected chi connectivity index (χ3v) is 4.95. The molecule has 1 aliphatic rings. The highest BCUT2D eigenvalue weighted by molar-refractivity contribution is 5.76. The normalized spacial score (nSPS) is 14.8. The van der Waals surface area contributed by atoms with Crippen molar-refractivity contribution in [2.75, 3.05) is 7.11 Å². The van der Waals surface area contributed by atoms with Gasteiger partial charge in [0.25, 0.3) is 0 Å². The molecule has 0 N–H and O–H groups in total. The number of carbonyl (C=O) groups is 1. The van der Waals surface area contributed by atoms with Crippen LogP contribution < -0.4 is 4.74 Å². The van der Waals surface area contributed by atoms with Gasteiger partial charge in [0.05, 0.1) is 7.11 Å². The molecular weight excluding hydrogens is 312 g/mol. The Morgan fingerprint density at radius 2 is 2.00 bits per heavy atom. The van der Waals surface area contributed by atoms with E-state index < -0.39 is 0 Å². The maximum absolute atomic E-state index is 12.9. The summed E-state index contributed by atoms with van der Waals surface area (Å²) >= 11 is 0. The third-order valence-electron chi connectivity index (χ3n) is 4.95. The van der Waals surface area contributed by atoms with Gasteiger partial charge in [0.15, 0.2) is 0 Å². The van der Waals surface area contributed by atoms with Gasteiger partial charge in [-0.05, 0) is 61.9 Å². The zero-order valence-electron chi connectivity index (χ0n) is 15.0. The van der Waals surface area contributed by atoms with Crippen molar-refractivity contribution >= 4 is 5.91 Å². The standard InChI is InChI=1S/C21H26N2O2/c1-16(18-8-9-18)23(15-17-6-11-20(25-2)12-7-17)21(24)13-10-19-5-3-4-14-22-19/h3-7,11-12,14,16,18H,8-10,13,15H2,1-2H3/t16-/m1/s1. The van der Waals surface area contributed by atoms with E-state index in [2.05, 4.69) is 11.9 Å². The summed E-state index contributed by atoms with van der Waals surface area (Å²) in [5.41, 5.74) is 2.11. The molecule has 4 heteroatoms. The predicted octanol–water partition coefficient (Wildman–Crippen LogP) is 3.85. The second-order valence-electron chi connectivity index (χ2n) is 6.77. The van der Waals surface area contributed by atoms with Gasteiger partial charge >= 0.3 is 0 Å². The molecule has 0 spiro atoms. The Hall–Kier alpha value is -2.36. The lowest BCUT2D eigenvalue weighted by atomic mass is 10.1. The molecule has 0 saturated heterocycles. The molecule has 1 aromatic carbocycles. The summed E-state index contributed by atoms with van der Waals surface area (Å²) in [5, 5.41) is 0. The van der Waals surface area contributed by atoms with Crippen LogP contribution in [0, 0.1) is 5.92 Å². The minimum Gasteiger partial charge on any atom is -0.497 e. The van der Waals surface area contributed by atoms with E-state index in [1.165, 1.54) is 12.8 Å². The summed E-state index contributed by atoms with van der Waals surface area (Å²) in [6.07, 6.45) is 5.43. The number of aromatic nitrogens is 1. The number of nitrogens with zero attached hydrogens (tertiary/aromatic N) is 2. The molecule has 1 amide bonds. The molecular formula is C21H26N2O2. The van der Waals surface area contributed by atoms with E-state index in [4.69, 9.17) is 4.74 Å². The minimum absolute atomic E-state index is 0.209. The SMILES string of the molecule is COc1ccc(CN(C(=O)CCc2ccccn2)[C@H](C)C2CC2)cc1. The molecule has 1 aromatic heterocycles. The number of carbonyl (C=O) groups excluding carboxylic acids is 1. The molecule has 0 unspecified atom stereocenters. The molecule has 0 bridgehead atoms. The smallest absolute Gasteiger partial charge is 0.223 e. The van der Waals surface area contributed by atoms with E-state index in [1.54, 1.807) is 13.3 Å². The second-order valence-corrected chi connectivity index (χ2v) is 6.77. The molecule has 132 valence electrons. The summed E-state index contributed by atoms with van der Waals surface area (Å²) in [5.74, 6) is 1.70. The van der Waals surface area contributed by atoms with Gasteiger partial charge in [0, 0.05) is 30.9 Å². The lowest BCUT2D eigenvalue weighted by molar-refractivity contribution is -0.134. The molecule has 1 saturated carbocycles. The van der Waals surface area contributed by atoms with E-state index >= 15 is 0 Å². The van der Waals surface area contributed by atoms with Gasteiger partial charge in [0.1, 0.15) is 5.75 Å². The lowest BCUT2D eigenvalue weighted by Crippen LogP contribution is -2.39. The van der Waals surface area contributed by atoms with Crippen molar-refractivity contribution in [1.82, 2.24) is 9.88 Å². The molecule has 3 rings (SSSR count). The number of benzene rings is 1. The second kappa shape index (κ2) is 8.15. The first-order valence-corrected chi connectivity index (χ1v) is 8.99. The van der Waals surface area contributed by atoms with Crippen LogP contribution in [0.25, 0.3) is 0 Å². The number of aryl methyl sites for hydroxylation is 1.